The van der Waals surface area contributed by atoms with Gasteiger partial charge in [-0.3, -0.25) is 0 Å². The summed E-state index contributed by atoms with van der Waals surface area (Å²) in [5.41, 5.74) is 2.18. The van der Waals surface area contributed by atoms with E-state index in [4.69, 9.17) is 28.4 Å². The van der Waals surface area contributed by atoms with Gasteiger partial charge < -0.3 is 28.4 Å². The Morgan fingerprint density at radius 2 is 1.24 bits per heavy atom. The number of benzene rings is 3. The lowest BCUT2D eigenvalue weighted by atomic mass is 9.80. The molecule has 0 N–H and O–H groups in total. The molecule has 38 heavy (non-hydrogen) atoms. The first-order valence-corrected chi connectivity index (χ1v) is 11.6. The smallest absolute Gasteiger partial charge is 0.490 e. The molecule has 0 fully saturated rings. The van der Waals surface area contributed by atoms with Crippen LogP contribution in [0.3, 0.4) is 0 Å². The fraction of sp³-hybridized carbons (Fsp3) is 0.321. The van der Waals surface area contributed by atoms with E-state index in [0.717, 1.165) is 0 Å². The van der Waals surface area contributed by atoms with Crippen molar-refractivity contribution in [2.45, 2.75) is 24.1 Å². The zero-order chi connectivity index (χ0) is 27.6. The van der Waals surface area contributed by atoms with Crippen molar-refractivity contribution in [1.82, 2.24) is 0 Å². The summed E-state index contributed by atoms with van der Waals surface area (Å²) in [7, 11) is 7.40. The summed E-state index contributed by atoms with van der Waals surface area (Å²) in [6.45, 7) is 0. The molecule has 0 heterocycles. The number of carbonyl (C=O) groups is 1. The number of hydrogen-bond donors (Lipinski definition) is 0. The third kappa shape index (κ3) is 5.03. The van der Waals surface area contributed by atoms with Gasteiger partial charge in [-0.15, -0.1) is 0 Å². The van der Waals surface area contributed by atoms with E-state index in [-0.39, 0.29) is 0 Å². The van der Waals surface area contributed by atoms with Crippen LogP contribution < -0.4 is 23.7 Å². The highest BCUT2D eigenvalue weighted by atomic mass is 19.4. The van der Waals surface area contributed by atoms with Crippen molar-refractivity contribution in [3.8, 4) is 28.7 Å². The van der Waals surface area contributed by atoms with Crippen molar-refractivity contribution in [3.05, 3.63) is 76.9 Å². The van der Waals surface area contributed by atoms with Crippen LogP contribution in [0.1, 0.15) is 40.2 Å². The molecule has 0 bridgehead atoms. The van der Waals surface area contributed by atoms with Gasteiger partial charge in [0, 0.05) is 35.1 Å². The van der Waals surface area contributed by atoms with E-state index < -0.39 is 30.1 Å². The number of methoxy groups -OCH3 is 5. The highest BCUT2D eigenvalue weighted by Crippen LogP contribution is 2.59. The average molecular weight is 533 g/mol. The summed E-state index contributed by atoms with van der Waals surface area (Å²) < 4.78 is 72.8. The van der Waals surface area contributed by atoms with Gasteiger partial charge in [0.05, 0.1) is 35.5 Å². The summed E-state index contributed by atoms with van der Waals surface area (Å²) in [5, 5.41) is 0. The minimum Gasteiger partial charge on any atom is -0.497 e. The fourth-order valence-electron chi connectivity index (χ4n) is 4.92. The van der Waals surface area contributed by atoms with Gasteiger partial charge in [-0.1, -0.05) is 12.1 Å². The number of rotatable bonds is 8. The second-order valence-electron chi connectivity index (χ2n) is 8.58. The third-order valence-corrected chi connectivity index (χ3v) is 6.61. The predicted molar refractivity (Wildman–Crippen MR) is 132 cm³/mol. The molecule has 4 rings (SSSR count). The zero-order valence-corrected chi connectivity index (χ0v) is 21.4. The molecule has 0 saturated carbocycles. The van der Waals surface area contributed by atoms with E-state index in [2.05, 4.69) is 0 Å². The highest BCUT2D eigenvalue weighted by Gasteiger charge is 2.50. The zero-order valence-electron chi connectivity index (χ0n) is 21.4. The molecule has 0 radical (unpaired) electrons. The number of alkyl halides is 3. The van der Waals surface area contributed by atoms with Gasteiger partial charge in [0.15, 0.2) is 0 Å². The molecule has 0 unspecified atom stereocenters. The van der Waals surface area contributed by atoms with Crippen molar-refractivity contribution in [2.24, 2.45) is 0 Å². The van der Waals surface area contributed by atoms with Crippen molar-refractivity contribution in [1.29, 1.82) is 0 Å². The SMILES string of the molecule is COc1ccc([C@@H]2[C@@H](c3cc(OC)cc(OC)c3)c3c(OC)cc(OC)cc3[C@H]2OC(=O)C(F)(F)F)cc1. The summed E-state index contributed by atoms with van der Waals surface area (Å²) in [6, 6.07) is 15.3. The molecular formula is C28H27F3O7. The molecule has 202 valence electrons. The topological polar surface area (TPSA) is 72.5 Å². The molecule has 0 aromatic heterocycles. The van der Waals surface area contributed by atoms with E-state index in [1.165, 1.54) is 35.5 Å². The molecule has 3 aromatic rings. The Morgan fingerprint density at radius 3 is 1.74 bits per heavy atom. The maximum absolute atomic E-state index is 13.4. The number of esters is 1. The predicted octanol–water partition coefficient (Wildman–Crippen LogP) is 5.81. The van der Waals surface area contributed by atoms with Crippen LogP contribution in [0.25, 0.3) is 0 Å². The lowest BCUT2D eigenvalue weighted by Crippen LogP contribution is -2.28. The second-order valence-corrected chi connectivity index (χ2v) is 8.58. The van der Waals surface area contributed by atoms with Crippen molar-refractivity contribution in [2.75, 3.05) is 35.5 Å². The van der Waals surface area contributed by atoms with Gasteiger partial charge in [0.1, 0.15) is 34.9 Å². The number of fused-ring (bicyclic) bond motifs is 1. The average Bonchev–Trinajstić information content (AvgIpc) is 3.25. The third-order valence-electron chi connectivity index (χ3n) is 6.61. The molecule has 3 aromatic carbocycles. The number of ether oxygens (including phenoxy) is 6. The van der Waals surface area contributed by atoms with Crippen LogP contribution in [0.5, 0.6) is 28.7 Å². The minimum atomic E-state index is -5.19. The summed E-state index contributed by atoms with van der Waals surface area (Å²) in [4.78, 5) is 12.2. The molecule has 1 aliphatic rings. The first kappa shape index (κ1) is 27.0. The fourth-order valence-corrected chi connectivity index (χ4v) is 4.92. The molecule has 1 aliphatic carbocycles. The summed E-state index contributed by atoms with van der Waals surface area (Å²) in [6.07, 6.45) is -6.51. The van der Waals surface area contributed by atoms with Gasteiger partial charge in [0.25, 0.3) is 0 Å². The van der Waals surface area contributed by atoms with Gasteiger partial charge in [-0.25, -0.2) is 4.79 Å². The van der Waals surface area contributed by atoms with E-state index in [1.807, 2.05) is 0 Å². The molecule has 3 atom stereocenters. The van der Waals surface area contributed by atoms with Crippen molar-refractivity contribution < 1.29 is 46.4 Å². The minimum absolute atomic E-state index is 0.339. The first-order chi connectivity index (χ1) is 18.1. The molecule has 10 heteroatoms. The summed E-state index contributed by atoms with van der Waals surface area (Å²) >= 11 is 0. The molecular weight excluding hydrogens is 505 g/mol. The highest BCUT2D eigenvalue weighted by molar-refractivity contribution is 5.76. The van der Waals surface area contributed by atoms with Gasteiger partial charge in [-0.2, -0.15) is 13.2 Å². The quantitative estimate of drug-likeness (QED) is 0.339. The monoisotopic (exact) mass is 532 g/mol. The Balaban J connectivity index is 2.03. The largest absolute Gasteiger partial charge is 0.497 e. The van der Waals surface area contributed by atoms with Crippen LogP contribution in [-0.4, -0.2) is 47.7 Å². The van der Waals surface area contributed by atoms with Crippen molar-refractivity contribution >= 4 is 5.97 Å². The van der Waals surface area contributed by atoms with Gasteiger partial charge >= 0.3 is 12.1 Å². The van der Waals surface area contributed by atoms with Crippen molar-refractivity contribution in [3.63, 3.8) is 0 Å². The Morgan fingerprint density at radius 1 is 0.684 bits per heavy atom. The molecule has 0 saturated heterocycles. The molecule has 0 spiro atoms. The standard InChI is InChI=1S/C28H27F3O7/c1-33-17-8-6-15(7-9-17)24-23(16-10-18(34-2)12-19(11-16)35-3)25-21(13-20(36-4)14-22(25)37-5)26(24)38-27(32)28(29,30)31/h6-14,23-24,26H,1-5H3/t23-,24-,26-/m1/s1. The Hall–Kier alpha value is -4.08. The van der Waals surface area contributed by atoms with Crippen LogP contribution in [-0.2, 0) is 9.53 Å². The Bertz CT molecular complexity index is 1280. The molecule has 7 nitrogen and oxygen atoms in total. The molecule has 0 aliphatic heterocycles. The van der Waals surface area contributed by atoms with E-state index in [0.29, 0.717) is 51.0 Å². The van der Waals surface area contributed by atoms with Crippen LogP contribution in [0.4, 0.5) is 13.2 Å². The maximum atomic E-state index is 13.4. The van der Waals surface area contributed by atoms with Crippen LogP contribution in [0.15, 0.2) is 54.6 Å². The normalized spacial score (nSPS) is 18.4. The van der Waals surface area contributed by atoms with Crippen LogP contribution in [0, 0.1) is 0 Å². The van der Waals surface area contributed by atoms with E-state index >= 15 is 0 Å². The molecule has 0 amide bonds. The second kappa shape index (κ2) is 10.7. The van der Waals surface area contributed by atoms with Gasteiger partial charge in [-0.05, 0) is 41.5 Å². The Labute approximate surface area is 218 Å². The van der Waals surface area contributed by atoms with Crippen LogP contribution >= 0.6 is 0 Å². The lowest BCUT2D eigenvalue weighted by Gasteiger charge is -2.27. The van der Waals surface area contributed by atoms with E-state index in [1.54, 1.807) is 54.6 Å². The van der Waals surface area contributed by atoms with Crippen LogP contribution in [0.2, 0.25) is 0 Å². The number of hydrogen-bond acceptors (Lipinski definition) is 7. The Kier molecular flexibility index (Phi) is 7.61. The number of carbonyl (C=O) groups excluding carboxylic acids is 1. The maximum Gasteiger partial charge on any atom is 0.490 e. The van der Waals surface area contributed by atoms with Gasteiger partial charge in [0.2, 0.25) is 0 Å². The first-order valence-electron chi connectivity index (χ1n) is 11.6. The van der Waals surface area contributed by atoms with E-state index in [9.17, 15) is 18.0 Å². The lowest BCUT2D eigenvalue weighted by molar-refractivity contribution is -0.206. The number of halogens is 3. The summed E-state index contributed by atoms with van der Waals surface area (Å²) in [5.74, 6) is -1.45.